The van der Waals surface area contributed by atoms with Crippen LogP contribution in [0.2, 0.25) is 0 Å². The average Bonchev–Trinajstić information content (AvgIpc) is 4.46. The van der Waals surface area contributed by atoms with Crippen LogP contribution in [0, 0.1) is 5.92 Å². The Hall–Kier alpha value is -5.80. The van der Waals surface area contributed by atoms with E-state index < -0.39 is 148 Å². The van der Waals surface area contributed by atoms with Crippen molar-refractivity contribution >= 4 is 88.4 Å². The molecule has 6 aromatic heterocycles. The van der Waals surface area contributed by atoms with Gasteiger partial charge >= 0.3 is 35.1 Å². The molecule has 44 heteroatoms. The average molecular weight is 1230 g/mol. The van der Waals surface area contributed by atoms with Gasteiger partial charge in [0.1, 0.15) is 56.6 Å². The van der Waals surface area contributed by atoms with Crippen molar-refractivity contribution in [3.8, 4) is 0 Å². The van der Waals surface area contributed by atoms with Crippen molar-refractivity contribution < 1.29 is 108 Å². The molecule has 1 amide bonds. The van der Waals surface area contributed by atoms with E-state index in [-0.39, 0.29) is 57.8 Å². The van der Waals surface area contributed by atoms with Gasteiger partial charge in [-0.1, -0.05) is 6.92 Å². The van der Waals surface area contributed by atoms with Gasteiger partial charge < -0.3 is 90.2 Å². The lowest BCUT2D eigenvalue weighted by Gasteiger charge is -2.35. The van der Waals surface area contributed by atoms with Crippen molar-refractivity contribution in [3.05, 3.63) is 46.0 Å². The number of hydrogen-bond donors (Lipinski definition) is 12. The number of H-pyrrole nitrogens is 2. The number of alkyl carbamates (subject to hydrolysis) is 1. The number of aromatic nitrogens is 12. The molecule has 16 atom stereocenters. The number of rotatable bonds is 22. The Morgan fingerprint density at radius 2 is 1.32 bits per heavy atom. The molecular weight excluding hydrogens is 1180 g/mol. The second-order valence-corrected chi connectivity index (χ2v) is 24.7. The number of anilines is 3. The van der Waals surface area contributed by atoms with E-state index in [1.165, 1.54) is 22.5 Å². The number of nitrogens with two attached hydrogens (primary N) is 3. The fraction of sp³-hybridized carbons (Fsp3) is 0.568. The Morgan fingerprint density at radius 3 is 1.99 bits per heavy atom. The van der Waals surface area contributed by atoms with Crippen molar-refractivity contribution in [2.75, 3.05) is 57.3 Å². The zero-order chi connectivity index (χ0) is 58.7. The number of imidazole rings is 3. The number of carbonyl (C=O) groups is 1. The summed E-state index contributed by atoms with van der Waals surface area (Å²) in [6.07, 6.45) is -12.7. The fourth-order valence-electron chi connectivity index (χ4n) is 9.22. The summed E-state index contributed by atoms with van der Waals surface area (Å²) in [7, 11) is -21.3. The third-order valence-electron chi connectivity index (χ3n) is 12.8. The lowest BCUT2D eigenvalue weighted by molar-refractivity contribution is -0.646. The second kappa shape index (κ2) is 23.1. The third kappa shape index (κ3) is 12.3. The molecule has 4 unspecified atom stereocenters. The number of phosphoric ester groups is 2. The Morgan fingerprint density at radius 1 is 0.741 bits per heavy atom. The summed E-state index contributed by atoms with van der Waals surface area (Å²) in [5.74, 6) is -2.07. The van der Waals surface area contributed by atoms with E-state index in [0.29, 0.717) is 6.42 Å². The molecule has 444 valence electrons. The van der Waals surface area contributed by atoms with Gasteiger partial charge in [-0.2, -0.15) is 23.2 Å². The van der Waals surface area contributed by atoms with E-state index >= 15 is 0 Å². The molecule has 0 aromatic carbocycles. The molecule has 0 spiro atoms. The highest BCUT2D eigenvalue weighted by molar-refractivity contribution is 7.66. The molecule has 6 aromatic rings. The molecule has 3 saturated heterocycles. The van der Waals surface area contributed by atoms with Gasteiger partial charge in [-0.05, 0) is 6.42 Å². The first-order valence-corrected chi connectivity index (χ1v) is 29.7. The first-order chi connectivity index (χ1) is 38.1. The molecule has 0 aliphatic carbocycles. The molecule has 3 fully saturated rings. The molecule has 0 radical (unpaired) electrons. The van der Waals surface area contributed by atoms with Crippen LogP contribution in [0.25, 0.3) is 33.5 Å². The minimum Gasteiger partial charge on any atom is -0.778 e. The number of aliphatic hydroxyl groups is 3. The number of nitrogens with zero attached hydrogens (tertiary/aromatic N) is 10. The topological polar surface area (TPSA) is 574 Å². The third-order valence-corrected chi connectivity index (χ3v) is 18.9. The maximum absolute atomic E-state index is 14.4. The summed E-state index contributed by atoms with van der Waals surface area (Å²) in [5.41, 5.74) is 13.3. The van der Waals surface area contributed by atoms with E-state index in [1.54, 1.807) is 6.92 Å². The SMILES string of the molecule is CCCNC(=O)OC[C@H]1[C@@H](O)[C@H](n2c[n+](C)c3c(=O)[nH]c(N)nc32)O[C@@H]1COP(=O)(O)OP(=O)(O)OP(=O)(O)OC[C@H]1O[C@@H](n2cnc3c(N)ncnc32)[C@H](OC)[C@@H]1P(=O)([O-])OC[C@H]1O[C@@H](n2cnc3c(=O)[nH]c(N)nc32)[C@H](O)[C@@H]1O. The van der Waals surface area contributed by atoms with E-state index in [4.69, 9.17) is 54.5 Å². The van der Waals surface area contributed by atoms with Crippen LogP contribution in [0.4, 0.5) is 22.5 Å². The van der Waals surface area contributed by atoms with Gasteiger partial charge in [0, 0.05) is 13.7 Å². The van der Waals surface area contributed by atoms with Gasteiger partial charge in [-0.25, -0.2) is 43.0 Å². The van der Waals surface area contributed by atoms with Crippen LogP contribution in [-0.2, 0) is 71.2 Å². The molecule has 0 saturated carbocycles. The lowest BCUT2D eigenvalue weighted by Crippen LogP contribution is -2.40. The van der Waals surface area contributed by atoms with Gasteiger partial charge in [0.25, 0.3) is 16.7 Å². The van der Waals surface area contributed by atoms with Gasteiger partial charge in [0.15, 0.2) is 35.1 Å². The summed E-state index contributed by atoms with van der Waals surface area (Å²) in [5, 5.41) is 35.9. The van der Waals surface area contributed by atoms with E-state index in [0.717, 1.165) is 35.2 Å². The number of ether oxygens (including phenoxy) is 5. The summed E-state index contributed by atoms with van der Waals surface area (Å²) in [6.45, 7) is -2.16. The number of methoxy groups -OCH3 is 1. The smallest absolute Gasteiger partial charge is 0.490 e. The molecule has 0 bridgehead atoms. The largest absolute Gasteiger partial charge is 0.778 e. The minimum absolute atomic E-state index is 0.0139. The Kier molecular flexibility index (Phi) is 17.1. The molecule has 3 aliphatic rings. The lowest BCUT2D eigenvalue weighted by atomic mass is 9.99. The number of aryl methyl sites for hydroxylation is 1. The molecule has 9 heterocycles. The molecular formula is C37H52N16O24P4. The van der Waals surface area contributed by atoms with E-state index in [1.807, 2.05) is 0 Å². The number of phosphoric acid groups is 3. The summed E-state index contributed by atoms with van der Waals surface area (Å²) >= 11 is 0. The maximum atomic E-state index is 14.4. The number of carbonyl (C=O) groups excluding carboxylic acids is 1. The number of aromatic amines is 2. The highest BCUT2D eigenvalue weighted by Crippen LogP contribution is 2.68. The van der Waals surface area contributed by atoms with Crippen molar-refractivity contribution in [3.63, 3.8) is 0 Å². The second-order valence-electron chi connectivity index (χ2n) is 18.2. The number of hydrogen-bond acceptors (Lipinski definition) is 30. The van der Waals surface area contributed by atoms with Crippen molar-refractivity contribution in [1.82, 2.24) is 58.9 Å². The van der Waals surface area contributed by atoms with Crippen LogP contribution in [0.15, 0.2) is 34.9 Å². The van der Waals surface area contributed by atoms with Crippen molar-refractivity contribution in [2.24, 2.45) is 13.0 Å². The number of aliphatic hydroxyl groups excluding tert-OH is 3. The Bertz CT molecular complexity index is 3660. The quantitative estimate of drug-likeness (QED) is 0.0228. The predicted octanol–water partition coefficient (Wildman–Crippen LogP) is -3.88. The highest BCUT2D eigenvalue weighted by Gasteiger charge is 2.55. The van der Waals surface area contributed by atoms with Gasteiger partial charge in [-0.15, -0.1) is 0 Å². The van der Waals surface area contributed by atoms with Crippen molar-refractivity contribution in [1.29, 1.82) is 0 Å². The van der Waals surface area contributed by atoms with Crippen LogP contribution in [0.5, 0.6) is 0 Å². The number of nitrogens with one attached hydrogen (secondary N) is 3. The van der Waals surface area contributed by atoms with Gasteiger partial charge in [0.05, 0.1) is 63.3 Å². The normalized spacial score (nSPS) is 29.0. The van der Waals surface area contributed by atoms with Crippen LogP contribution in [0.1, 0.15) is 32.0 Å². The van der Waals surface area contributed by atoms with Gasteiger partial charge in [-0.3, -0.25) is 37.7 Å². The first kappa shape index (κ1) is 59.8. The van der Waals surface area contributed by atoms with Crippen LogP contribution < -0.4 is 43.1 Å². The number of nitrogen functional groups attached to an aromatic ring is 3. The standard InChI is InChI=1S/C37H52N16O24P4/c1-4-5-41-37(59)69-6-14-15(73-32(21(14)54)53-13-50(2)20-29(53)47-36(40)49-31(20)58)7-71-79(62,63)76-81(66,67)77-80(64,65)72-9-17-25(24(68-3)34(75-17)51-11-44-18-26(38)42-10-43-27(18)51)78(60,61)70-8-16-22(55)23(56)33(74-16)52-12-45-19-28(52)46-35(39)48-30(19)57/h10-17,21-25,32-34,54-56H,4-9H2,1-3H3,(H12-,38,39,40,41,42,43,46,47,48,49,57,58,59,60,61,62,63,64,65,66,67)/t14-,15-,16-,17-,21-,22-,23-,24-,25-,32-,33-,34-/m1/s1. The fourth-order valence-corrected chi connectivity index (χ4v) is 14.5. The number of amides is 1. The molecule has 81 heavy (non-hydrogen) atoms. The summed E-state index contributed by atoms with van der Waals surface area (Å²) < 4.78 is 111. The zero-order valence-electron chi connectivity index (χ0n) is 42.0. The molecule has 15 N–H and O–H groups in total. The van der Waals surface area contributed by atoms with E-state index in [2.05, 4.69) is 53.8 Å². The minimum atomic E-state index is -6.28. The summed E-state index contributed by atoms with van der Waals surface area (Å²) in [4.78, 5) is 112. The van der Waals surface area contributed by atoms with Crippen LogP contribution in [-0.4, -0.2) is 178 Å². The Balaban J connectivity index is 0.893. The monoisotopic (exact) mass is 1230 g/mol. The number of fused-ring (bicyclic) bond motifs is 3. The maximum Gasteiger partial charge on any atom is 0.490 e. The van der Waals surface area contributed by atoms with Gasteiger partial charge in [0.2, 0.25) is 24.5 Å². The zero-order valence-corrected chi connectivity index (χ0v) is 45.6. The molecule has 3 aliphatic heterocycles. The molecule has 9 rings (SSSR count). The van der Waals surface area contributed by atoms with Crippen LogP contribution >= 0.6 is 31.1 Å². The summed E-state index contributed by atoms with van der Waals surface area (Å²) in [6, 6.07) is 0. The molecule has 40 nitrogen and oxygen atoms in total. The van der Waals surface area contributed by atoms with Crippen molar-refractivity contribution in [2.45, 2.75) is 80.4 Å². The van der Waals surface area contributed by atoms with E-state index in [9.17, 15) is 67.5 Å². The van der Waals surface area contributed by atoms with Crippen LogP contribution in [0.3, 0.4) is 0 Å². The highest BCUT2D eigenvalue weighted by atomic mass is 31.3. The Labute approximate surface area is 451 Å². The first-order valence-electron chi connectivity index (χ1n) is 23.6. The predicted molar refractivity (Wildman–Crippen MR) is 263 cm³/mol.